The van der Waals surface area contributed by atoms with E-state index in [9.17, 15) is 4.79 Å². The summed E-state index contributed by atoms with van der Waals surface area (Å²) in [5.74, 6) is 0.0377. The zero-order chi connectivity index (χ0) is 16.8. The van der Waals surface area contributed by atoms with E-state index in [1.165, 1.54) is 22.4 Å². The molecule has 0 unspecified atom stereocenters. The summed E-state index contributed by atoms with van der Waals surface area (Å²) in [4.78, 5) is 11.1. The largest absolute Gasteiger partial charge is 0.478 e. The van der Waals surface area contributed by atoms with Crippen molar-refractivity contribution in [2.75, 3.05) is 5.32 Å². The third-order valence-electron chi connectivity index (χ3n) is 5.33. The lowest BCUT2D eigenvalue weighted by molar-refractivity contribution is 0.0697. The van der Waals surface area contributed by atoms with Gasteiger partial charge in [0.15, 0.2) is 0 Å². The molecule has 2 aliphatic rings. The van der Waals surface area contributed by atoms with Crippen LogP contribution in [-0.2, 0) is 0 Å². The van der Waals surface area contributed by atoms with E-state index in [0.29, 0.717) is 17.4 Å². The molecule has 2 aromatic carbocycles. The highest BCUT2D eigenvalue weighted by molar-refractivity contribution is 5.87. The van der Waals surface area contributed by atoms with Gasteiger partial charge in [0.05, 0.1) is 11.6 Å². The number of aryl methyl sites for hydroxylation is 2. The van der Waals surface area contributed by atoms with E-state index < -0.39 is 5.97 Å². The molecule has 0 bridgehead atoms. The highest BCUT2D eigenvalue weighted by Crippen LogP contribution is 2.50. The Labute approximate surface area is 142 Å². The normalized spacial score (nSPS) is 24.2. The van der Waals surface area contributed by atoms with Gasteiger partial charge in [-0.3, -0.25) is 0 Å². The molecule has 3 heteroatoms. The number of nitrogens with one attached hydrogen (secondary N) is 1. The number of fused-ring (bicyclic) bond motifs is 3. The average Bonchev–Trinajstić information content (AvgIpc) is 3.02. The summed E-state index contributed by atoms with van der Waals surface area (Å²) < 4.78 is 0. The van der Waals surface area contributed by atoms with Crippen molar-refractivity contribution in [1.82, 2.24) is 0 Å². The summed E-state index contributed by atoms with van der Waals surface area (Å²) in [6.07, 6.45) is 5.67. The van der Waals surface area contributed by atoms with Crippen molar-refractivity contribution in [3.63, 3.8) is 0 Å². The fourth-order valence-electron chi connectivity index (χ4n) is 4.30. The predicted molar refractivity (Wildman–Crippen MR) is 95.7 cm³/mol. The Morgan fingerprint density at radius 1 is 1.17 bits per heavy atom. The zero-order valence-electron chi connectivity index (χ0n) is 13.9. The first-order valence-electron chi connectivity index (χ1n) is 8.42. The minimum atomic E-state index is -0.879. The minimum Gasteiger partial charge on any atom is -0.478 e. The Bertz CT molecular complexity index is 836. The molecular weight excluding hydrogens is 298 g/mol. The maximum absolute atomic E-state index is 11.1. The van der Waals surface area contributed by atoms with Crippen molar-refractivity contribution in [3.8, 4) is 0 Å². The Hall–Kier alpha value is -2.55. The van der Waals surface area contributed by atoms with E-state index in [1.54, 1.807) is 12.1 Å². The number of carboxylic acid groups (broad SMARTS) is 1. The number of allylic oxidation sites excluding steroid dienone is 2. The van der Waals surface area contributed by atoms with Gasteiger partial charge in [0.2, 0.25) is 0 Å². The highest BCUT2D eigenvalue weighted by atomic mass is 16.4. The first kappa shape index (κ1) is 15.0. The smallest absolute Gasteiger partial charge is 0.335 e. The van der Waals surface area contributed by atoms with Crippen LogP contribution >= 0.6 is 0 Å². The molecule has 1 aliphatic carbocycles. The number of hydrogen-bond donors (Lipinski definition) is 2. The number of carbonyl (C=O) groups is 1. The Morgan fingerprint density at radius 2 is 1.92 bits per heavy atom. The van der Waals surface area contributed by atoms with Crippen molar-refractivity contribution in [3.05, 3.63) is 76.4 Å². The summed E-state index contributed by atoms with van der Waals surface area (Å²) in [6, 6.07) is 12.0. The monoisotopic (exact) mass is 319 g/mol. The predicted octanol–water partition coefficient (Wildman–Crippen LogP) is 4.83. The third-order valence-corrected chi connectivity index (χ3v) is 5.33. The highest BCUT2D eigenvalue weighted by Gasteiger charge is 2.38. The Balaban J connectivity index is 1.76. The van der Waals surface area contributed by atoms with Crippen molar-refractivity contribution >= 4 is 11.7 Å². The van der Waals surface area contributed by atoms with E-state index in [2.05, 4.69) is 43.4 Å². The number of hydrogen-bond acceptors (Lipinski definition) is 2. The van der Waals surface area contributed by atoms with Crippen LogP contribution in [0.4, 0.5) is 5.69 Å². The fraction of sp³-hybridized carbons (Fsp3) is 0.286. The molecule has 2 aromatic rings. The number of benzene rings is 2. The van der Waals surface area contributed by atoms with Gasteiger partial charge in [0.25, 0.3) is 0 Å². The lowest BCUT2D eigenvalue weighted by atomic mass is 9.75. The first-order chi connectivity index (χ1) is 11.5. The molecule has 2 N–H and O–H groups in total. The molecule has 0 aromatic heterocycles. The van der Waals surface area contributed by atoms with Crippen LogP contribution in [0.2, 0.25) is 0 Å². The van der Waals surface area contributed by atoms with E-state index in [4.69, 9.17) is 5.11 Å². The molecular formula is C21H21NO2. The maximum atomic E-state index is 11.1. The molecule has 0 spiro atoms. The van der Waals surface area contributed by atoms with E-state index in [0.717, 1.165) is 12.0 Å². The van der Waals surface area contributed by atoms with Crippen LogP contribution in [0.5, 0.6) is 0 Å². The second-order valence-corrected chi connectivity index (χ2v) is 6.95. The van der Waals surface area contributed by atoms with Crippen LogP contribution in [0.25, 0.3) is 0 Å². The third kappa shape index (κ3) is 2.32. The van der Waals surface area contributed by atoms with E-state index >= 15 is 0 Å². The summed E-state index contributed by atoms with van der Waals surface area (Å²) in [6.45, 7) is 4.32. The molecule has 0 radical (unpaired) electrons. The molecule has 0 fully saturated rings. The van der Waals surface area contributed by atoms with Crippen LogP contribution in [0.15, 0.2) is 48.6 Å². The van der Waals surface area contributed by atoms with Gasteiger partial charge in [-0.05, 0) is 66.6 Å². The van der Waals surface area contributed by atoms with Gasteiger partial charge in [0, 0.05) is 11.6 Å². The second-order valence-electron chi connectivity index (χ2n) is 6.95. The Morgan fingerprint density at radius 3 is 2.62 bits per heavy atom. The summed E-state index contributed by atoms with van der Waals surface area (Å²) >= 11 is 0. The first-order valence-corrected chi connectivity index (χ1v) is 8.42. The molecule has 1 aliphatic heterocycles. The van der Waals surface area contributed by atoms with Gasteiger partial charge in [-0.25, -0.2) is 4.79 Å². The fourth-order valence-corrected chi connectivity index (χ4v) is 4.30. The molecule has 0 saturated carbocycles. The second kappa shape index (κ2) is 5.52. The van der Waals surface area contributed by atoms with Gasteiger partial charge in [-0.2, -0.15) is 0 Å². The van der Waals surface area contributed by atoms with Crippen molar-refractivity contribution in [1.29, 1.82) is 0 Å². The number of aromatic carboxylic acids is 1. The quantitative estimate of drug-likeness (QED) is 0.780. The molecule has 3 atom stereocenters. The summed E-state index contributed by atoms with van der Waals surface area (Å²) in [5, 5.41) is 12.8. The van der Waals surface area contributed by atoms with Gasteiger partial charge in [0.1, 0.15) is 0 Å². The lowest BCUT2D eigenvalue weighted by Crippen LogP contribution is -2.29. The maximum Gasteiger partial charge on any atom is 0.335 e. The van der Waals surface area contributed by atoms with Crippen LogP contribution < -0.4 is 5.32 Å². The number of anilines is 1. The molecule has 4 rings (SSSR count). The molecule has 0 amide bonds. The zero-order valence-corrected chi connectivity index (χ0v) is 13.9. The van der Waals surface area contributed by atoms with Crippen molar-refractivity contribution in [2.24, 2.45) is 5.92 Å². The van der Waals surface area contributed by atoms with Gasteiger partial charge >= 0.3 is 5.97 Å². The SMILES string of the molecule is Cc1cc(C)c2c(c1)N[C@H](c1ccc(C(=O)O)cc1)[C@@H]1CC=C[C@H]21. The van der Waals surface area contributed by atoms with Gasteiger partial charge in [-0.15, -0.1) is 0 Å². The van der Waals surface area contributed by atoms with Crippen molar-refractivity contribution in [2.45, 2.75) is 32.2 Å². The van der Waals surface area contributed by atoms with Gasteiger partial charge < -0.3 is 10.4 Å². The minimum absolute atomic E-state index is 0.210. The molecule has 3 nitrogen and oxygen atoms in total. The van der Waals surface area contributed by atoms with Crippen LogP contribution in [0.1, 0.15) is 51.0 Å². The van der Waals surface area contributed by atoms with Crippen molar-refractivity contribution < 1.29 is 9.90 Å². The molecule has 122 valence electrons. The summed E-state index contributed by atoms with van der Waals surface area (Å²) in [5.41, 5.74) is 6.73. The number of carboxylic acids is 1. The summed E-state index contributed by atoms with van der Waals surface area (Å²) in [7, 11) is 0. The van der Waals surface area contributed by atoms with Crippen LogP contribution in [0, 0.1) is 19.8 Å². The lowest BCUT2D eigenvalue weighted by Gasteiger charge is -2.38. The number of rotatable bonds is 2. The Kier molecular flexibility index (Phi) is 3.45. The molecule has 0 saturated heterocycles. The topological polar surface area (TPSA) is 49.3 Å². The molecule has 24 heavy (non-hydrogen) atoms. The average molecular weight is 319 g/mol. The van der Waals surface area contributed by atoms with Gasteiger partial charge in [-0.1, -0.05) is 30.4 Å². The van der Waals surface area contributed by atoms with Crippen LogP contribution in [0.3, 0.4) is 0 Å². The van der Waals surface area contributed by atoms with E-state index in [1.807, 2.05) is 12.1 Å². The van der Waals surface area contributed by atoms with E-state index in [-0.39, 0.29) is 6.04 Å². The standard InChI is InChI=1S/C21H21NO2/c1-12-10-13(2)19-16-4-3-5-17(16)20(22-18(19)11-12)14-6-8-15(9-7-14)21(23)24/h3-4,6-11,16-17,20,22H,5H2,1-2H3,(H,23,24)/t16-,17+,20+/m0/s1. The molecule has 1 heterocycles. The van der Waals surface area contributed by atoms with Crippen LogP contribution in [-0.4, -0.2) is 11.1 Å².